The van der Waals surface area contributed by atoms with Gasteiger partial charge in [0.1, 0.15) is 0 Å². The Hall–Kier alpha value is -2.09. The van der Waals surface area contributed by atoms with E-state index in [2.05, 4.69) is 52.1 Å². The molecule has 25 heavy (non-hydrogen) atoms. The monoisotopic (exact) mass is 452 g/mol. The van der Waals surface area contributed by atoms with Crippen LogP contribution >= 0.6 is 24.0 Å². The number of rotatable bonds is 6. The lowest BCUT2D eigenvalue weighted by Gasteiger charge is -2.13. The highest BCUT2D eigenvalue weighted by Crippen LogP contribution is 2.07. The van der Waals surface area contributed by atoms with Crippen molar-refractivity contribution < 1.29 is 4.79 Å². The standard InChI is InChI=1S/C19H24N4O.HI/c1-15-8-10-17(11-9-15)14-22-19(21-13-12-20-16(2)24)23-18-6-4-3-5-7-18;/h3-11H,12-14H2,1-2H3,(H,20,24)(H2,21,22,23);1H. The topological polar surface area (TPSA) is 65.5 Å². The molecule has 0 aliphatic carbocycles. The molecule has 0 unspecified atom stereocenters. The predicted molar refractivity (Wildman–Crippen MR) is 114 cm³/mol. The van der Waals surface area contributed by atoms with Gasteiger partial charge in [0.25, 0.3) is 0 Å². The number of nitrogens with zero attached hydrogens (tertiary/aromatic N) is 1. The Morgan fingerprint density at radius 2 is 1.60 bits per heavy atom. The fourth-order valence-electron chi connectivity index (χ4n) is 2.08. The fourth-order valence-corrected chi connectivity index (χ4v) is 2.08. The van der Waals surface area contributed by atoms with E-state index in [0.717, 1.165) is 11.3 Å². The number of para-hydroxylation sites is 1. The lowest BCUT2D eigenvalue weighted by atomic mass is 10.1. The Kier molecular flexibility index (Phi) is 9.61. The van der Waals surface area contributed by atoms with Gasteiger partial charge in [0.05, 0.1) is 6.54 Å². The molecule has 0 heterocycles. The van der Waals surface area contributed by atoms with Crippen LogP contribution in [0.3, 0.4) is 0 Å². The summed E-state index contributed by atoms with van der Waals surface area (Å²) in [6.45, 7) is 5.32. The van der Waals surface area contributed by atoms with Crippen LogP contribution in [0.5, 0.6) is 0 Å². The van der Waals surface area contributed by atoms with Crippen molar-refractivity contribution in [1.29, 1.82) is 0 Å². The number of nitrogens with one attached hydrogen (secondary N) is 3. The molecular weight excluding hydrogens is 427 g/mol. The number of halogens is 1. The van der Waals surface area contributed by atoms with Gasteiger partial charge >= 0.3 is 0 Å². The normalized spacial score (nSPS) is 10.6. The lowest BCUT2D eigenvalue weighted by molar-refractivity contribution is -0.118. The quantitative estimate of drug-likeness (QED) is 0.273. The van der Waals surface area contributed by atoms with Gasteiger partial charge in [0, 0.05) is 25.7 Å². The van der Waals surface area contributed by atoms with E-state index in [9.17, 15) is 4.79 Å². The number of carbonyl (C=O) groups excluding carboxylic acids is 1. The summed E-state index contributed by atoms with van der Waals surface area (Å²) in [6, 6.07) is 18.2. The molecule has 0 saturated heterocycles. The molecule has 2 rings (SSSR count). The minimum atomic E-state index is -0.0361. The van der Waals surface area contributed by atoms with Crippen LogP contribution < -0.4 is 16.0 Å². The molecule has 0 bridgehead atoms. The molecule has 1 amide bonds. The van der Waals surface area contributed by atoms with E-state index in [-0.39, 0.29) is 29.9 Å². The predicted octanol–water partition coefficient (Wildman–Crippen LogP) is 3.31. The Balaban J connectivity index is 0.00000312. The average Bonchev–Trinajstić information content (AvgIpc) is 2.58. The Bertz CT molecular complexity index is 672. The van der Waals surface area contributed by atoms with Gasteiger partial charge in [-0.3, -0.25) is 4.79 Å². The maximum Gasteiger partial charge on any atom is 0.216 e. The van der Waals surface area contributed by atoms with Crippen LogP contribution in [0.15, 0.2) is 59.6 Å². The summed E-state index contributed by atoms with van der Waals surface area (Å²) in [5, 5.41) is 9.26. The first-order valence-corrected chi connectivity index (χ1v) is 8.04. The second-order valence-corrected chi connectivity index (χ2v) is 5.55. The van der Waals surface area contributed by atoms with Gasteiger partial charge < -0.3 is 16.0 Å². The van der Waals surface area contributed by atoms with Gasteiger partial charge in [-0.05, 0) is 24.6 Å². The molecule has 2 aromatic rings. The summed E-state index contributed by atoms with van der Waals surface area (Å²) in [5.74, 6) is 0.651. The van der Waals surface area contributed by atoms with Crippen LogP contribution in [-0.2, 0) is 11.3 Å². The third kappa shape index (κ3) is 8.53. The zero-order chi connectivity index (χ0) is 17.2. The first kappa shape index (κ1) is 21.0. The Morgan fingerprint density at radius 3 is 2.24 bits per heavy atom. The van der Waals surface area contributed by atoms with Gasteiger partial charge in [-0.2, -0.15) is 0 Å². The summed E-state index contributed by atoms with van der Waals surface area (Å²) in [4.78, 5) is 15.6. The molecule has 5 nitrogen and oxygen atoms in total. The van der Waals surface area contributed by atoms with Crippen molar-refractivity contribution >= 4 is 41.5 Å². The second kappa shape index (κ2) is 11.5. The van der Waals surface area contributed by atoms with E-state index >= 15 is 0 Å². The smallest absolute Gasteiger partial charge is 0.216 e. The Labute approximate surface area is 166 Å². The minimum Gasteiger partial charge on any atom is -0.355 e. The zero-order valence-electron chi connectivity index (χ0n) is 14.6. The minimum absolute atomic E-state index is 0. The molecule has 0 aromatic heterocycles. The van der Waals surface area contributed by atoms with Crippen LogP contribution in [0.25, 0.3) is 0 Å². The summed E-state index contributed by atoms with van der Waals surface area (Å²) in [5.41, 5.74) is 3.35. The van der Waals surface area contributed by atoms with Crippen molar-refractivity contribution in [3.63, 3.8) is 0 Å². The number of carbonyl (C=O) groups is 1. The molecule has 0 atom stereocenters. The van der Waals surface area contributed by atoms with E-state index in [1.54, 1.807) is 0 Å². The molecular formula is C19H25IN4O. The molecule has 3 N–H and O–H groups in total. The van der Waals surface area contributed by atoms with Gasteiger partial charge in [0.15, 0.2) is 5.96 Å². The van der Waals surface area contributed by atoms with Crippen molar-refractivity contribution in [3.8, 4) is 0 Å². The maximum atomic E-state index is 10.9. The number of hydrogen-bond donors (Lipinski definition) is 3. The van der Waals surface area contributed by atoms with E-state index in [0.29, 0.717) is 25.6 Å². The highest BCUT2D eigenvalue weighted by Gasteiger charge is 2.00. The SMILES string of the molecule is CC(=O)NCCNC(=NCc1ccc(C)cc1)Nc1ccccc1.I. The molecule has 6 heteroatoms. The van der Waals surface area contributed by atoms with Crippen LogP contribution in [0.2, 0.25) is 0 Å². The molecule has 0 radical (unpaired) electrons. The van der Waals surface area contributed by atoms with Crippen LogP contribution in [0, 0.1) is 6.92 Å². The number of hydrogen-bond acceptors (Lipinski definition) is 2. The molecule has 0 saturated carbocycles. The molecule has 0 spiro atoms. The zero-order valence-corrected chi connectivity index (χ0v) is 16.9. The highest BCUT2D eigenvalue weighted by molar-refractivity contribution is 14.0. The fraction of sp³-hybridized carbons (Fsp3) is 0.263. The summed E-state index contributed by atoms with van der Waals surface area (Å²) in [6.07, 6.45) is 0. The van der Waals surface area contributed by atoms with E-state index in [1.807, 2.05) is 30.3 Å². The first-order chi connectivity index (χ1) is 11.6. The van der Waals surface area contributed by atoms with Crippen LogP contribution in [0.4, 0.5) is 5.69 Å². The van der Waals surface area contributed by atoms with Crippen molar-refractivity contribution in [1.82, 2.24) is 10.6 Å². The van der Waals surface area contributed by atoms with Crippen LogP contribution in [-0.4, -0.2) is 25.0 Å². The maximum absolute atomic E-state index is 10.9. The largest absolute Gasteiger partial charge is 0.355 e. The summed E-state index contributed by atoms with van der Waals surface area (Å²) in [7, 11) is 0. The second-order valence-electron chi connectivity index (χ2n) is 5.55. The lowest BCUT2D eigenvalue weighted by Crippen LogP contribution is -2.37. The van der Waals surface area contributed by atoms with Crippen molar-refractivity contribution in [3.05, 3.63) is 65.7 Å². The van der Waals surface area contributed by atoms with Gasteiger partial charge in [-0.1, -0.05) is 48.0 Å². The molecule has 2 aromatic carbocycles. The number of benzene rings is 2. The number of guanidine groups is 1. The third-order valence-corrected chi connectivity index (χ3v) is 3.37. The molecule has 134 valence electrons. The third-order valence-electron chi connectivity index (χ3n) is 3.37. The molecule has 0 aliphatic heterocycles. The van der Waals surface area contributed by atoms with Gasteiger partial charge in [-0.25, -0.2) is 4.99 Å². The number of aryl methyl sites for hydroxylation is 1. The van der Waals surface area contributed by atoms with Crippen molar-refractivity contribution in [2.24, 2.45) is 4.99 Å². The van der Waals surface area contributed by atoms with Crippen molar-refractivity contribution in [2.75, 3.05) is 18.4 Å². The Morgan fingerprint density at radius 1 is 0.960 bits per heavy atom. The summed E-state index contributed by atoms with van der Waals surface area (Å²) < 4.78 is 0. The number of aliphatic imine (C=N–C) groups is 1. The van der Waals surface area contributed by atoms with E-state index in [4.69, 9.17) is 0 Å². The molecule has 0 aliphatic rings. The molecule has 0 fully saturated rings. The summed E-state index contributed by atoms with van der Waals surface area (Å²) >= 11 is 0. The number of anilines is 1. The highest BCUT2D eigenvalue weighted by atomic mass is 127. The van der Waals surface area contributed by atoms with E-state index in [1.165, 1.54) is 12.5 Å². The van der Waals surface area contributed by atoms with Crippen LogP contribution in [0.1, 0.15) is 18.1 Å². The van der Waals surface area contributed by atoms with Gasteiger partial charge in [0.2, 0.25) is 5.91 Å². The average molecular weight is 452 g/mol. The number of amides is 1. The van der Waals surface area contributed by atoms with E-state index < -0.39 is 0 Å². The van der Waals surface area contributed by atoms with Gasteiger partial charge in [-0.15, -0.1) is 24.0 Å². The first-order valence-electron chi connectivity index (χ1n) is 8.04. The van der Waals surface area contributed by atoms with Crippen molar-refractivity contribution in [2.45, 2.75) is 20.4 Å².